The summed E-state index contributed by atoms with van der Waals surface area (Å²) in [6, 6.07) is 7.76. The van der Waals surface area contributed by atoms with Crippen LogP contribution in [0.25, 0.3) is 0 Å². The van der Waals surface area contributed by atoms with Crippen molar-refractivity contribution in [2.45, 2.75) is 139 Å². The van der Waals surface area contributed by atoms with E-state index in [1.165, 1.54) is 0 Å². The summed E-state index contributed by atoms with van der Waals surface area (Å²) in [5, 5.41) is 12.9. The summed E-state index contributed by atoms with van der Waals surface area (Å²) in [7, 11) is 1.64. The van der Waals surface area contributed by atoms with Gasteiger partial charge in [0, 0.05) is 18.4 Å². The molecule has 8 atom stereocenters. The molecule has 286 valence electrons. The predicted octanol–water partition coefficient (Wildman–Crippen LogP) is 8.70. The smallest absolute Gasteiger partial charge is 0.309 e. The Morgan fingerprint density at radius 3 is 2.19 bits per heavy atom. The average molecular weight is 718 g/mol. The van der Waals surface area contributed by atoms with Gasteiger partial charge < -0.3 is 19.9 Å². The van der Waals surface area contributed by atoms with E-state index in [0.717, 1.165) is 67.4 Å². The third-order valence-corrected chi connectivity index (χ3v) is 15.9. The standard InChI is InChI=1S/C44H63NO7/c1-26(2)35-30(46)23-44(37(48)45-25-27-11-13-28(51-10)14-12-27)22-21-42(8)29(36(35)44)15-16-32-41(7)19-18-33(52-34(47)24-39(3,4)38(49)50)40(5,6)31(41)17-20-43(32,42)9/h11-14,26,29,31-33H,15-25H2,1-10H3,(H,45,48)(H,49,50)/t29-,31?,32?,33+,41+,42-,43-,44-/m1/s1. The number of ether oxygens (including phenoxy) is 2. The lowest BCUT2D eigenvalue weighted by Crippen LogP contribution is -2.66. The van der Waals surface area contributed by atoms with Crippen LogP contribution in [-0.2, 0) is 30.5 Å². The summed E-state index contributed by atoms with van der Waals surface area (Å²) in [5.41, 5.74) is 0.819. The van der Waals surface area contributed by atoms with Crippen molar-refractivity contribution >= 4 is 23.6 Å². The molecule has 0 saturated heterocycles. The number of rotatable bonds is 9. The number of esters is 1. The Bertz CT molecular complexity index is 1660. The number of fused-ring (bicyclic) bond motifs is 7. The maximum absolute atomic E-state index is 14.5. The van der Waals surface area contributed by atoms with E-state index in [1.54, 1.807) is 21.0 Å². The molecule has 1 aromatic rings. The van der Waals surface area contributed by atoms with Crippen molar-refractivity contribution < 1.29 is 33.8 Å². The quantitative estimate of drug-likeness (QED) is 0.245. The first-order valence-corrected chi connectivity index (χ1v) is 19.8. The van der Waals surface area contributed by atoms with E-state index in [2.05, 4.69) is 53.8 Å². The van der Waals surface area contributed by atoms with Crippen LogP contribution in [0.3, 0.4) is 0 Å². The molecule has 4 saturated carbocycles. The van der Waals surface area contributed by atoms with Crippen LogP contribution in [0.4, 0.5) is 0 Å². The van der Waals surface area contributed by atoms with Crippen LogP contribution in [0.2, 0.25) is 0 Å². The van der Waals surface area contributed by atoms with Crippen LogP contribution in [-0.4, -0.2) is 41.9 Å². The van der Waals surface area contributed by atoms with Crippen molar-refractivity contribution in [1.29, 1.82) is 0 Å². The SMILES string of the molecule is COc1ccc(CNC(=O)[C@@]23CC[C@]4(C)[C@H](CCC5[C@@]6(C)CC[C@H](OC(=O)CC(C)(C)C(=O)O)C(C)(C)C6CC[C@]54C)C2=C(C(C)C)C(=O)C3)cc1. The molecule has 8 heteroatoms. The van der Waals surface area contributed by atoms with Gasteiger partial charge in [0.15, 0.2) is 5.78 Å². The Balaban J connectivity index is 1.27. The summed E-state index contributed by atoms with van der Waals surface area (Å²) in [4.78, 5) is 53.3. The second kappa shape index (κ2) is 13.0. The number of carboxylic acids is 1. The molecule has 0 aromatic heterocycles. The fourth-order valence-corrected chi connectivity index (χ4v) is 12.8. The van der Waals surface area contributed by atoms with E-state index >= 15 is 0 Å². The monoisotopic (exact) mass is 717 g/mol. The zero-order chi connectivity index (χ0) is 38.2. The molecule has 0 aliphatic heterocycles. The molecule has 5 aliphatic rings. The van der Waals surface area contributed by atoms with E-state index in [0.29, 0.717) is 24.8 Å². The van der Waals surface area contributed by atoms with Gasteiger partial charge in [-0.1, -0.05) is 60.6 Å². The van der Waals surface area contributed by atoms with Crippen LogP contribution in [0.5, 0.6) is 5.75 Å². The highest BCUT2D eigenvalue weighted by atomic mass is 16.5. The van der Waals surface area contributed by atoms with Gasteiger partial charge in [-0.25, -0.2) is 0 Å². The maximum atomic E-state index is 14.5. The van der Waals surface area contributed by atoms with Crippen LogP contribution in [0.1, 0.15) is 132 Å². The van der Waals surface area contributed by atoms with Gasteiger partial charge >= 0.3 is 11.9 Å². The van der Waals surface area contributed by atoms with Crippen molar-refractivity contribution in [3.63, 3.8) is 0 Å². The minimum atomic E-state index is -1.17. The van der Waals surface area contributed by atoms with E-state index in [-0.39, 0.29) is 64.1 Å². The number of carboxylic acid groups (broad SMARTS) is 1. The molecule has 2 unspecified atom stereocenters. The van der Waals surface area contributed by atoms with Crippen molar-refractivity contribution in [3.8, 4) is 5.75 Å². The van der Waals surface area contributed by atoms with Crippen LogP contribution in [0, 0.1) is 56.2 Å². The molecule has 52 heavy (non-hydrogen) atoms. The van der Waals surface area contributed by atoms with Gasteiger partial charge in [0.05, 0.1) is 24.4 Å². The Hall–Kier alpha value is -3.16. The van der Waals surface area contributed by atoms with Gasteiger partial charge in [-0.05, 0) is 134 Å². The first-order chi connectivity index (χ1) is 24.2. The van der Waals surface area contributed by atoms with Crippen molar-refractivity contribution in [1.82, 2.24) is 5.32 Å². The van der Waals surface area contributed by atoms with Crippen molar-refractivity contribution in [3.05, 3.63) is 41.0 Å². The summed E-state index contributed by atoms with van der Waals surface area (Å²) in [6.07, 6.45) is 7.28. The lowest BCUT2D eigenvalue weighted by molar-refractivity contribution is -0.233. The molecule has 8 nitrogen and oxygen atoms in total. The Kier molecular flexibility index (Phi) is 9.64. The summed E-state index contributed by atoms with van der Waals surface area (Å²) in [5.74, 6) is 0.524. The van der Waals surface area contributed by atoms with Gasteiger partial charge in [-0.15, -0.1) is 0 Å². The van der Waals surface area contributed by atoms with E-state index < -0.39 is 22.8 Å². The van der Waals surface area contributed by atoms with E-state index in [9.17, 15) is 24.3 Å². The number of hydrogen-bond donors (Lipinski definition) is 2. The maximum Gasteiger partial charge on any atom is 0.309 e. The van der Waals surface area contributed by atoms with Crippen molar-refractivity contribution in [2.75, 3.05) is 7.11 Å². The second-order valence-electron chi connectivity index (χ2n) is 19.5. The van der Waals surface area contributed by atoms with Gasteiger partial charge in [-0.3, -0.25) is 19.2 Å². The first kappa shape index (κ1) is 38.6. The number of amides is 1. The van der Waals surface area contributed by atoms with E-state index in [4.69, 9.17) is 9.47 Å². The largest absolute Gasteiger partial charge is 0.497 e. The molecular formula is C44H63NO7. The molecule has 4 fully saturated rings. The van der Waals surface area contributed by atoms with E-state index in [1.807, 2.05) is 24.3 Å². The van der Waals surface area contributed by atoms with Gasteiger partial charge in [0.25, 0.3) is 0 Å². The number of methoxy groups -OCH3 is 1. The van der Waals surface area contributed by atoms with Crippen LogP contribution in [0.15, 0.2) is 35.4 Å². The van der Waals surface area contributed by atoms with Crippen LogP contribution >= 0.6 is 0 Å². The molecule has 0 spiro atoms. The summed E-state index contributed by atoms with van der Waals surface area (Å²) < 4.78 is 11.5. The third kappa shape index (κ3) is 5.75. The third-order valence-electron chi connectivity index (χ3n) is 15.9. The predicted molar refractivity (Wildman–Crippen MR) is 200 cm³/mol. The molecule has 0 radical (unpaired) electrons. The average Bonchev–Trinajstić information content (AvgIpc) is 3.38. The summed E-state index contributed by atoms with van der Waals surface area (Å²) >= 11 is 0. The second-order valence-corrected chi connectivity index (χ2v) is 19.5. The number of Topliss-reactive ketones (excluding diaryl/α,β-unsaturated/α-hetero) is 1. The van der Waals surface area contributed by atoms with Gasteiger partial charge in [-0.2, -0.15) is 0 Å². The number of carbonyl (C=O) groups is 4. The molecule has 0 heterocycles. The van der Waals surface area contributed by atoms with Gasteiger partial charge in [0.1, 0.15) is 11.9 Å². The number of aliphatic carboxylic acids is 1. The number of nitrogens with one attached hydrogen (secondary N) is 1. The number of ketones is 1. The number of allylic oxidation sites excluding steroid dienone is 1. The minimum Gasteiger partial charge on any atom is -0.497 e. The minimum absolute atomic E-state index is 0.00586. The highest BCUT2D eigenvalue weighted by Gasteiger charge is 2.71. The number of carbonyl (C=O) groups excluding carboxylic acids is 3. The highest BCUT2D eigenvalue weighted by Crippen LogP contribution is 2.76. The molecule has 0 bridgehead atoms. The van der Waals surface area contributed by atoms with Crippen molar-refractivity contribution in [2.24, 2.45) is 56.2 Å². The fraction of sp³-hybridized carbons (Fsp3) is 0.727. The topological polar surface area (TPSA) is 119 Å². The first-order valence-electron chi connectivity index (χ1n) is 19.8. The lowest BCUT2D eigenvalue weighted by atomic mass is 9.33. The Labute approximate surface area is 311 Å². The molecule has 1 amide bonds. The zero-order valence-corrected chi connectivity index (χ0v) is 33.4. The summed E-state index contributed by atoms with van der Waals surface area (Å²) in [6.45, 7) is 19.8. The number of benzene rings is 1. The normalized spacial score (nSPS) is 36.6. The Morgan fingerprint density at radius 2 is 1.58 bits per heavy atom. The Morgan fingerprint density at radius 1 is 0.904 bits per heavy atom. The lowest BCUT2D eigenvalue weighted by Gasteiger charge is -2.72. The molecule has 5 aliphatic carbocycles. The number of hydrogen-bond acceptors (Lipinski definition) is 6. The molecular weight excluding hydrogens is 654 g/mol. The van der Waals surface area contributed by atoms with Gasteiger partial charge in [0.2, 0.25) is 5.91 Å². The zero-order valence-electron chi connectivity index (χ0n) is 33.4. The molecule has 6 rings (SSSR count). The fourth-order valence-electron chi connectivity index (χ4n) is 12.8. The highest BCUT2D eigenvalue weighted by molar-refractivity contribution is 6.07. The molecule has 2 N–H and O–H groups in total. The van der Waals surface area contributed by atoms with Crippen LogP contribution < -0.4 is 10.1 Å². The molecule has 1 aromatic carbocycles.